The Balaban J connectivity index is 1.62. The molecule has 0 fully saturated rings. The van der Waals surface area contributed by atoms with E-state index in [0.717, 1.165) is 11.3 Å². The number of imidazole rings is 1. The van der Waals surface area contributed by atoms with Crippen LogP contribution in [0.5, 0.6) is 11.5 Å². The van der Waals surface area contributed by atoms with Crippen molar-refractivity contribution in [3.05, 3.63) is 88.5 Å². The maximum absolute atomic E-state index is 12.7. The van der Waals surface area contributed by atoms with E-state index >= 15 is 0 Å². The molecule has 0 saturated heterocycles. The number of nitrogens with zero attached hydrogens (tertiary/aromatic N) is 3. The maximum Gasteiger partial charge on any atom is 0.326 e. The van der Waals surface area contributed by atoms with Gasteiger partial charge in [-0.05, 0) is 48.5 Å². The predicted octanol–water partition coefficient (Wildman–Crippen LogP) is 6.40. The molecular weight excluding hydrogens is 489 g/mol. The zero-order valence-corrected chi connectivity index (χ0v) is 20.3. The molecular formula is C25H21Cl2N5O3. The molecule has 0 aliphatic rings. The quantitative estimate of drug-likeness (QED) is 0.282. The Morgan fingerprint density at radius 1 is 0.971 bits per heavy atom. The van der Waals surface area contributed by atoms with Gasteiger partial charge in [-0.3, -0.25) is 5.32 Å². The summed E-state index contributed by atoms with van der Waals surface area (Å²) in [7, 11) is 3.16. The van der Waals surface area contributed by atoms with Gasteiger partial charge < -0.3 is 14.8 Å². The van der Waals surface area contributed by atoms with Gasteiger partial charge in [-0.1, -0.05) is 35.3 Å². The second-order valence-electron chi connectivity index (χ2n) is 7.24. The first-order valence-corrected chi connectivity index (χ1v) is 11.2. The Morgan fingerprint density at radius 3 is 2.46 bits per heavy atom. The van der Waals surface area contributed by atoms with Crippen molar-refractivity contribution >= 4 is 47.1 Å². The van der Waals surface area contributed by atoms with E-state index < -0.39 is 6.03 Å². The Bertz CT molecular complexity index is 1370. The molecule has 0 saturated carbocycles. The second kappa shape index (κ2) is 10.9. The van der Waals surface area contributed by atoms with Gasteiger partial charge in [0.2, 0.25) is 5.95 Å². The fraction of sp³-hybridized carbons (Fsp3) is 0.0800. The standard InChI is InChI=1S/C25H21Cl2N5O3/c1-34-20-10-7-16(8-11-20)23-15-32(28-14-17-6-9-18(26)12-22(17)27)24(30-23)31-25(33)29-19-4-3-5-21(13-19)35-2/h3-15H,1-2H3,(H2,29,30,31,33). The molecule has 178 valence electrons. The third kappa shape index (κ3) is 6.11. The average molecular weight is 510 g/mol. The van der Waals surface area contributed by atoms with Crippen molar-refractivity contribution in [2.45, 2.75) is 0 Å². The number of hydrogen-bond donors (Lipinski definition) is 2. The number of halogens is 2. The van der Waals surface area contributed by atoms with Crippen LogP contribution in [-0.4, -0.2) is 36.1 Å². The summed E-state index contributed by atoms with van der Waals surface area (Å²) in [5.74, 6) is 1.55. The molecule has 0 unspecified atom stereocenters. The highest BCUT2D eigenvalue weighted by Crippen LogP contribution is 2.25. The van der Waals surface area contributed by atoms with Gasteiger partial charge in [0.25, 0.3) is 0 Å². The average Bonchev–Trinajstić information content (AvgIpc) is 3.26. The number of hydrogen-bond acceptors (Lipinski definition) is 5. The number of urea groups is 1. The number of amides is 2. The fourth-order valence-electron chi connectivity index (χ4n) is 3.14. The van der Waals surface area contributed by atoms with Crippen LogP contribution in [0.2, 0.25) is 10.0 Å². The highest BCUT2D eigenvalue weighted by molar-refractivity contribution is 6.36. The highest BCUT2D eigenvalue weighted by atomic mass is 35.5. The number of ether oxygens (including phenoxy) is 2. The van der Waals surface area contributed by atoms with Crippen LogP contribution in [0.15, 0.2) is 78.0 Å². The molecule has 0 atom stereocenters. The number of carbonyl (C=O) groups is 1. The van der Waals surface area contributed by atoms with Gasteiger partial charge in [0.05, 0.1) is 37.3 Å². The van der Waals surface area contributed by atoms with E-state index in [0.29, 0.717) is 32.7 Å². The van der Waals surface area contributed by atoms with Crippen molar-refractivity contribution < 1.29 is 14.3 Å². The lowest BCUT2D eigenvalue weighted by Gasteiger charge is -2.08. The largest absolute Gasteiger partial charge is 0.497 e. The maximum atomic E-state index is 12.7. The van der Waals surface area contributed by atoms with Gasteiger partial charge in [0.1, 0.15) is 11.5 Å². The Morgan fingerprint density at radius 2 is 1.74 bits per heavy atom. The van der Waals surface area contributed by atoms with E-state index in [1.165, 1.54) is 4.68 Å². The number of nitrogens with one attached hydrogen (secondary N) is 2. The first-order valence-electron chi connectivity index (χ1n) is 10.4. The van der Waals surface area contributed by atoms with Crippen LogP contribution < -0.4 is 20.1 Å². The van der Waals surface area contributed by atoms with Crippen molar-refractivity contribution in [2.75, 3.05) is 24.9 Å². The van der Waals surface area contributed by atoms with E-state index in [-0.39, 0.29) is 5.95 Å². The smallest absolute Gasteiger partial charge is 0.326 e. The third-order valence-corrected chi connectivity index (χ3v) is 5.47. The molecule has 0 bridgehead atoms. The SMILES string of the molecule is COc1ccc(-c2cn(N=Cc3ccc(Cl)cc3Cl)c(NC(=O)Nc3cccc(OC)c3)n2)cc1. The first kappa shape index (κ1) is 24.1. The lowest BCUT2D eigenvalue weighted by molar-refractivity contribution is 0.262. The molecule has 0 aliphatic heterocycles. The minimum atomic E-state index is -0.494. The van der Waals surface area contributed by atoms with Crippen LogP contribution in [0.3, 0.4) is 0 Å². The Kier molecular flexibility index (Phi) is 7.54. The minimum absolute atomic E-state index is 0.206. The van der Waals surface area contributed by atoms with Crippen molar-refractivity contribution in [1.82, 2.24) is 9.66 Å². The molecule has 0 aliphatic carbocycles. The number of carbonyl (C=O) groups excluding carboxylic acids is 1. The van der Waals surface area contributed by atoms with Crippen LogP contribution in [0.25, 0.3) is 11.3 Å². The molecule has 3 aromatic carbocycles. The summed E-state index contributed by atoms with van der Waals surface area (Å²) in [6.45, 7) is 0. The molecule has 4 aromatic rings. The number of methoxy groups -OCH3 is 2. The molecule has 2 N–H and O–H groups in total. The van der Waals surface area contributed by atoms with Gasteiger partial charge in [-0.25, -0.2) is 14.5 Å². The molecule has 1 heterocycles. The topological polar surface area (TPSA) is 89.8 Å². The monoisotopic (exact) mass is 509 g/mol. The summed E-state index contributed by atoms with van der Waals surface area (Å²) in [6.07, 6.45) is 3.26. The van der Waals surface area contributed by atoms with Crippen LogP contribution in [0.1, 0.15) is 5.56 Å². The van der Waals surface area contributed by atoms with Gasteiger partial charge in [0, 0.05) is 27.9 Å². The number of benzene rings is 3. The van der Waals surface area contributed by atoms with E-state index in [9.17, 15) is 4.79 Å². The van der Waals surface area contributed by atoms with Crippen LogP contribution >= 0.6 is 23.2 Å². The van der Waals surface area contributed by atoms with Crippen molar-refractivity contribution in [2.24, 2.45) is 5.10 Å². The summed E-state index contributed by atoms with van der Waals surface area (Å²) in [4.78, 5) is 17.3. The highest BCUT2D eigenvalue weighted by Gasteiger charge is 2.13. The summed E-state index contributed by atoms with van der Waals surface area (Å²) in [6, 6.07) is 19.0. The van der Waals surface area contributed by atoms with Crippen molar-refractivity contribution in [1.29, 1.82) is 0 Å². The number of rotatable bonds is 7. The number of aromatic nitrogens is 2. The molecule has 0 radical (unpaired) electrons. The predicted molar refractivity (Wildman–Crippen MR) is 139 cm³/mol. The zero-order valence-electron chi connectivity index (χ0n) is 18.8. The molecule has 35 heavy (non-hydrogen) atoms. The Labute approximate surface area is 212 Å². The second-order valence-corrected chi connectivity index (χ2v) is 8.09. The third-order valence-electron chi connectivity index (χ3n) is 4.91. The van der Waals surface area contributed by atoms with Crippen LogP contribution in [0, 0.1) is 0 Å². The summed E-state index contributed by atoms with van der Waals surface area (Å²) in [5, 5.41) is 10.9. The number of anilines is 2. The van der Waals surface area contributed by atoms with E-state index in [2.05, 4.69) is 20.7 Å². The van der Waals surface area contributed by atoms with Gasteiger partial charge in [0.15, 0.2) is 0 Å². The fourth-order valence-corrected chi connectivity index (χ4v) is 3.60. The lowest BCUT2D eigenvalue weighted by atomic mass is 10.2. The summed E-state index contributed by atoms with van der Waals surface area (Å²) < 4.78 is 11.9. The van der Waals surface area contributed by atoms with Crippen molar-refractivity contribution in [3.8, 4) is 22.8 Å². The van der Waals surface area contributed by atoms with Crippen LogP contribution in [0.4, 0.5) is 16.4 Å². The normalized spacial score (nSPS) is 10.9. The molecule has 2 amide bonds. The van der Waals surface area contributed by atoms with Gasteiger partial charge >= 0.3 is 6.03 Å². The van der Waals surface area contributed by atoms with Gasteiger partial charge in [-0.2, -0.15) is 5.10 Å². The van der Waals surface area contributed by atoms with Gasteiger partial charge in [-0.15, -0.1) is 0 Å². The van der Waals surface area contributed by atoms with Crippen molar-refractivity contribution in [3.63, 3.8) is 0 Å². The minimum Gasteiger partial charge on any atom is -0.497 e. The molecule has 8 nitrogen and oxygen atoms in total. The lowest BCUT2D eigenvalue weighted by Crippen LogP contribution is -2.21. The van der Waals surface area contributed by atoms with Crippen LogP contribution in [-0.2, 0) is 0 Å². The van der Waals surface area contributed by atoms with E-state index in [1.807, 2.05) is 24.3 Å². The molecule has 4 rings (SSSR count). The zero-order chi connectivity index (χ0) is 24.8. The summed E-state index contributed by atoms with van der Waals surface area (Å²) >= 11 is 12.2. The summed E-state index contributed by atoms with van der Waals surface area (Å²) in [5.41, 5.74) is 2.64. The van der Waals surface area contributed by atoms with E-state index in [1.54, 1.807) is 69.1 Å². The molecule has 1 aromatic heterocycles. The first-order chi connectivity index (χ1) is 16.9. The molecule has 0 spiro atoms. The molecule has 10 heteroatoms. The van der Waals surface area contributed by atoms with E-state index in [4.69, 9.17) is 32.7 Å². The Hall–Kier alpha value is -4.01.